The van der Waals surface area contributed by atoms with Gasteiger partial charge in [-0.1, -0.05) is 20.3 Å². The van der Waals surface area contributed by atoms with Crippen LogP contribution in [-0.2, 0) is 9.59 Å². The third-order valence-electron chi connectivity index (χ3n) is 3.45. The molecule has 16 heavy (non-hydrogen) atoms. The SMILES string of the molecule is CCC[C@H](C)[C@]1(C)C(=O)NC(=O)N(C)C1=O. The van der Waals surface area contributed by atoms with Gasteiger partial charge in [-0.25, -0.2) is 4.79 Å². The number of carbonyl (C=O) groups excluding carboxylic acids is 3. The summed E-state index contributed by atoms with van der Waals surface area (Å²) in [5, 5.41) is 2.22. The molecule has 4 amide bonds. The second-order valence-electron chi connectivity index (χ2n) is 4.52. The van der Waals surface area contributed by atoms with Crippen LogP contribution in [0.3, 0.4) is 0 Å². The Balaban J connectivity index is 3.05. The molecule has 0 spiro atoms. The number of amides is 4. The largest absolute Gasteiger partial charge is 0.330 e. The fraction of sp³-hybridized carbons (Fsp3) is 0.727. The van der Waals surface area contributed by atoms with Gasteiger partial charge >= 0.3 is 6.03 Å². The van der Waals surface area contributed by atoms with Crippen LogP contribution >= 0.6 is 0 Å². The molecule has 1 fully saturated rings. The highest BCUT2D eigenvalue weighted by atomic mass is 16.2. The Labute approximate surface area is 95.2 Å². The molecule has 5 nitrogen and oxygen atoms in total. The van der Waals surface area contributed by atoms with Crippen molar-refractivity contribution in [2.75, 3.05) is 7.05 Å². The number of urea groups is 1. The van der Waals surface area contributed by atoms with E-state index in [1.807, 2.05) is 13.8 Å². The standard InChI is InChI=1S/C11H18N2O3/c1-5-6-7(2)11(3)8(14)12-10(16)13(4)9(11)15/h7H,5-6H2,1-4H3,(H,12,14,16)/t7-,11+/m0/s1. The number of nitrogens with one attached hydrogen (secondary N) is 1. The molecular weight excluding hydrogens is 208 g/mol. The van der Waals surface area contributed by atoms with E-state index < -0.39 is 23.3 Å². The number of barbiturate groups is 1. The van der Waals surface area contributed by atoms with Crippen molar-refractivity contribution in [3.8, 4) is 0 Å². The van der Waals surface area contributed by atoms with Gasteiger partial charge in [-0.05, 0) is 19.3 Å². The first kappa shape index (κ1) is 12.7. The predicted octanol–water partition coefficient (Wildman–Crippen LogP) is 1.14. The molecule has 0 radical (unpaired) electrons. The van der Waals surface area contributed by atoms with Gasteiger partial charge in [0.15, 0.2) is 0 Å². The van der Waals surface area contributed by atoms with E-state index in [0.29, 0.717) is 0 Å². The van der Waals surface area contributed by atoms with Crippen molar-refractivity contribution in [1.82, 2.24) is 10.2 Å². The second kappa shape index (κ2) is 4.23. The van der Waals surface area contributed by atoms with Crippen molar-refractivity contribution >= 4 is 17.8 Å². The monoisotopic (exact) mass is 226 g/mol. The topological polar surface area (TPSA) is 66.5 Å². The van der Waals surface area contributed by atoms with E-state index in [-0.39, 0.29) is 5.92 Å². The Morgan fingerprint density at radius 1 is 1.38 bits per heavy atom. The van der Waals surface area contributed by atoms with Crippen LogP contribution in [0.2, 0.25) is 0 Å². The number of nitrogens with zero attached hydrogens (tertiary/aromatic N) is 1. The van der Waals surface area contributed by atoms with Gasteiger partial charge in [0.1, 0.15) is 5.41 Å². The summed E-state index contributed by atoms with van der Waals surface area (Å²) >= 11 is 0. The Kier molecular flexibility index (Phi) is 3.35. The lowest BCUT2D eigenvalue weighted by Crippen LogP contribution is -2.63. The lowest BCUT2D eigenvalue weighted by atomic mass is 9.73. The Hall–Kier alpha value is -1.39. The molecule has 0 unspecified atom stereocenters. The average molecular weight is 226 g/mol. The zero-order chi connectivity index (χ0) is 12.5. The van der Waals surface area contributed by atoms with Crippen LogP contribution in [0.1, 0.15) is 33.6 Å². The van der Waals surface area contributed by atoms with Gasteiger partial charge in [0.05, 0.1) is 0 Å². The molecule has 90 valence electrons. The highest BCUT2D eigenvalue weighted by Gasteiger charge is 2.52. The van der Waals surface area contributed by atoms with Gasteiger partial charge in [-0.2, -0.15) is 0 Å². The molecule has 1 N–H and O–H groups in total. The molecule has 0 bridgehead atoms. The van der Waals surface area contributed by atoms with Crippen molar-refractivity contribution in [2.24, 2.45) is 11.3 Å². The van der Waals surface area contributed by atoms with Gasteiger partial charge in [0, 0.05) is 7.05 Å². The number of rotatable bonds is 3. The second-order valence-corrected chi connectivity index (χ2v) is 4.52. The maximum absolute atomic E-state index is 12.0. The lowest BCUT2D eigenvalue weighted by Gasteiger charge is -2.39. The van der Waals surface area contributed by atoms with Crippen molar-refractivity contribution in [1.29, 1.82) is 0 Å². The minimum absolute atomic E-state index is 0.0828. The molecule has 0 aromatic carbocycles. The highest BCUT2D eigenvalue weighted by molar-refractivity contribution is 6.18. The number of hydrogen-bond donors (Lipinski definition) is 1. The summed E-state index contributed by atoms with van der Waals surface area (Å²) in [6, 6.07) is -0.642. The van der Waals surface area contributed by atoms with E-state index in [4.69, 9.17) is 0 Å². The summed E-state index contributed by atoms with van der Waals surface area (Å²) < 4.78 is 0. The molecule has 5 heteroatoms. The molecule has 0 saturated carbocycles. The molecule has 1 heterocycles. The van der Waals surface area contributed by atoms with Crippen LogP contribution in [0, 0.1) is 11.3 Å². The molecule has 1 aliphatic heterocycles. The van der Waals surface area contributed by atoms with Crippen LogP contribution in [0.15, 0.2) is 0 Å². The van der Waals surface area contributed by atoms with Crippen LogP contribution in [0.5, 0.6) is 0 Å². The first-order valence-electron chi connectivity index (χ1n) is 5.49. The third-order valence-corrected chi connectivity index (χ3v) is 3.45. The van der Waals surface area contributed by atoms with Crippen molar-refractivity contribution in [3.05, 3.63) is 0 Å². The summed E-state index contributed by atoms with van der Waals surface area (Å²) in [5.41, 5.74) is -1.13. The Morgan fingerprint density at radius 3 is 2.44 bits per heavy atom. The smallest absolute Gasteiger partial charge is 0.277 e. The minimum atomic E-state index is -1.13. The third kappa shape index (κ3) is 1.70. The van der Waals surface area contributed by atoms with E-state index in [0.717, 1.165) is 17.7 Å². The maximum atomic E-state index is 12.0. The summed E-state index contributed by atoms with van der Waals surface area (Å²) in [6.07, 6.45) is 1.67. The van der Waals surface area contributed by atoms with Gasteiger partial charge in [0.2, 0.25) is 11.8 Å². The van der Waals surface area contributed by atoms with Crippen LogP contribution in [-0.4, -0.2) is 29.8 Å². The molecule has 1 saturated heterocycles. The molecule has 1 aliphatic rings. The van der Waals surface area contributed by atoms with Crippen molar-refractivity contribution < 1.29 is 14.4 Å². The summed E-state index contributed by atoms with van der Waals surface area (Å²) in [4.78, 5) is 36.1. The van der Waals surface area contributed by atoms with Crippen molar-refractivity contribution in [2.45, 2.75) is 33.6 Å². The molecule has 2 atom stereocenters. The zero-order valence-electron chi connectivity index (χ0n) is 10.2. The number of carbonyl (C=O) groups is 3. The van der Waals surface area contributed by atoms with Gasteiger partial charge < -0.3 is 0 Å². The van der Waals surface area contributed by atoms with E-state index in [2.05, 4.69) is 5.32 Å². The predicted molar refractivity (Wildman–Crippen MR) is 58.5 cm³/mol. The van der Waals surface area contributed by atoms with Crippen LogP contribution in [0.4, 0.5) is 4.79 Å². The molecular formula is C11H18N2O3. The fourth-order valence-corrected chi connectivity index (χ4v) is 2.00. The van der Waals surface area contributed by atoms with Gasteiger partial charge in [-0.3, -0.25) is 19.8 Å². The van der Waals surface area contributed by atoms with E-state index in [9.17, 15) is 14.4 Å². The van der Waals surface area contributed by atoms with Gasteiger partial charge in [-0.15, -0.1) is 0 Å². The Bertz CT molecular complexity index is 340. The first-order valence-corrected chi connectivity index (χ1v) is 5.49. The first-order chi connectivity index (χ1) is 7.35. The van der Waals surface area contributed by atoms with E-state index in [1.165, 1.54) is 7.05 Å². The average Bonchev–Trinajstić information content (AvgIpc) is 2.24. The minimum Gasteiger partial charge on any atom is -0.277 e. The summed E-state index contributed by atoms with van der Waals surface area (Å²) in [7, 11) is 1.39. The number of hydrogen-bond acceptors (Lipinski definition) is 3. The lowest BCUT2D eigenvalue weighted by molar-refractivity contribution is -0.153. The van der Waals surface area contributed by atoms with Crippen molar-refractivity contribution in [3.63, 3.8) is 0 Å². The Morgan fingerprint density at radius 2 is 1.94 bits per heavy atom. The molecule has 0 aromatic heterocycles. The summed E-state index contributed by atoms with van der Waals surface area (Å²) in [6.45, 7) is 5.47. The van der Waals surface area contributed by atoms with E-state index in [1.54, 1.807) is 6.92 Å². The molecule has 1 rings (SSSR count). The maximum Gasteiger partial charge on any atom is 0.330 e. The normalized spacial score (nSPS) is 28.0. The zero-order valence-corrected chi connectivity index (χ0v) is 10.2. The number of imide groups is 2. The quantitative estimate of drug-likeness (QED) is 0.734. The molecule has 0 aliphatic carbocycles. The van der Waals surface area contributed by atoms with Gasteiger partial charge in [0.25, 0.3) is 0 Å². The fourth-order valence-electron chi connectivity index (χ4n) is 2.00. The van der Waals surface area contributed by atoms with Crippen LogP contribution in [0.25, 0.3) is 0 Å². The van der Waals surface area contributed by atoms with Crippen LogP contribution < -0.4 is 5.32 Å². The van der Waals surface area contributed by atoms with E-state index >= 15 is 0 Å². The molecule has 0 aromatic rings. The highest BCUT2D eigenvalue weighted by Crippen LogP contribution is 2.34. The summed E-state index contributed by atoms with van der Waals surface area (Å²) in [5.74, 6) is -0.982.